The topological polar surface area (TPSA) is 63.4 Å². The third kappa shape index (κ3) is 4.45. The molecule has 0 aliphatic rings. The minimum absolute atomic E-state index is 0.280. The minimum Gasteiger partial charge on any atom is -0.398 e. The van der Waals surface area contributed by atoms with E-state index < -0.39 is 10.0 Å². The lowest BCUT2D eigenvalue weighted by Gasteiger charge is -2.26. The average Bonchev–Trinajstić information content (AvgIpc) is 2.33. The number of rotatable bonds is 6. The highest BCUT2D eigenvalue weighted by atomic mass is 32.2. The minimum atomic E-state index is -3.50. The molecule has 0 aliphatic heterocycles. The van der Waals surface area contributed by atoms with Gasteiger partial charge in [-0.05, 0) is 48.9 Å². The van der Waals surface area contributed by atoms with Crippen LogP contribution in [0.5, 0.6) is 0 Å². The molecule has 2 N–H and O–H groups in total. The van der Waals surface area contributed by atoms with Crippen molar-refractivity contribution < 1.29 is 8.42 Å². The van der Waals surface area contributed by atoms with Crippen molar-refractivity contribution in [2.45, 2.75) is 46.4 Å². The van der Waals surface area contributed by atoms with Crippen molar-refractivity contribution in [2.24, 2.45) is 11.8 Å². The van der Waals surface area contributed by atoms with Crippen molar-refractivity contribution in [3.8, 4) is 0 Å². The third-order valence-electron chi connectivity index (χ3n) is 3.46. The van der Waals surface area contributed by atoms with E-state index in [-0.39, 0.29) is 11.8 Å². The fourth-order valence-corrected chi connectivity index (χ4v) is 4.12. The summed E-state index contributed by atoms with van der Waals surface area (Å²) < 4.78 is 27.4. The molecule has 4 nitrogen and oxygen atoms in total. The van der Waals surface area contributed by atoms with Gasteiger partial charge in [-0.25, -0.2) is 8.42 Å². The predicted molar refractivity (Wildman–Crippen MR) is 88.8 cm³/mol. The molecule has 120 valence electrons. The Bertz CT molecular complexity index is 559. The molecule has 0 bridgehead atoms. The number of nitrogens with two attached hydrogens (primary N) is 1. The Morgan fingerprint density at radius 1 is 1.05 bits per heavy atom. The standard InChI is InChI=1S/C16H28N2O2S/c1-11(2)9-18(10-12(3)4)21(19,20)15-7-13(5)14(6)16(17)8-15/h7-8,11-12H,9-10,17H2,1-6H3. The van der Waals surface area contributed by atoms with Gasteiger partial charge in [0.25, 0.3) is 0 Å². The summed E-state index contributed by atoms with van der Waals surface area (Å²) in [6.07, 6.45) is 0. The van der Waals surface area contributed by atoms with Gasteiger partial charge in [-0.1, -0.05) is 27.7 Å². The second kappa shape index (κ2) is 6.79. The van der Waals surface area contributed by atoms with Gasteiger partial charge in [0.05, 0.1) is 4.90 Å². The van der Waals surface area contributed by atoms with E-state index in [1.807, 2.05) is 41.5 Å². The second-order valence-corrected chi connectivity index (χ2v) is 8.50. The maximum atomic E-state index is 12.9. The number of nitrogens with zero attached hydrogens (tertiary/aromatic N) is 1. The van der Waals surface area contributed by atoms with Gasteiger partial charge < -0.3 is 5.73 Å². The van der Waals surface area contributed by atoms with Crippen molar-refractivity contribution in [3.05, 3.63) is 23.3 Å². The third-order valence-corrected chi connectivity index (χ3v) is 5.27. The van der Waals surface area contributed by atoms with Gasteiger partial charge in [-0.2, -0.15) is 4.31 Å². The van der Waals surface area contributed by atoms with Gasteiger partial charge in [0.2, 0.25) is 10.0 Å². The Hall–Kier alpha value is -1.07. The molecular weight excluding hydrogens is 284 g/mol. The summed E-state index contributed by atoms with van der Waals surface area (Å²) in [6.45, 7) is 12.9. The summed E-state index contributed by atoms with van der Waals surface area (Å²) in [7, 11) is -3.50. The van der Waals surface area contributed by atoms with Gasteiger partial charge in [0.1, 0.15) is 0 Å². The summed E-state index contributed by atoms with van der Waals surface area (Å²) in [5.74, 6) is 0.560. The molecule has 21 heavy (non-hydrogen) atoms. The molecule has 0 saturated heterocycles. The highest BCUT2D eigenvalue weighted by Crippen LogP contribution is 2.25. The largest absolute Gasteiger partial charge is 0.398 e. The van der Waals surface area contributed by atoms with Crippen molar-refractivity contribution in [3.63, 3.8) is 0 Å². The smallest absolute Gasteiger partial charge is 0.243 e. The molecule has 0 unspecified atom stereocenters. The molecular formula is C16H28N2O2S. The van der Waals surface area contributed by atoms with Crippen LogP contribution in [-0.4, -0.2) is 25.8 Å². The summed E-state index contributed by atoms with van der Waals surface area (Å²) >= 11 is 0. The molecule has 0 heterocycles. The van der Waals surface area contributed by atoms with Crippen LogP contribution in [0.1, 0.15) is 38.8 Å². The monoisotopic (exact) mass is 312 g/mol. The lowest BCUT2D eigenvalue weighted by atomic mass is 10.1. The molecule has 0 radical (unpaired) electrons. The van der Waals surface area contributed by atoms with Crippen LogP contribution in [0.3, 0.4) is 0 Å². The predicted octanol–water partition coefficient (Wildman–Crippen LogP) is 3.19. The number of aryl methyl sites for hydroxylation is 1. The van der Waals surface area contributed by atoms with Gasteiger partial charge >= 0.3 is 0 Å². The van der Waals surface area contributed by atoms with Crippen molar-refractivity contribution in [1.29, 1.82) is 0 Å². The van der Waals surface area contributed by atoms with Gasteiger partial charge in [-0.15, -0.1) is 0 Å². The Kier molecular flexibility index (Phi) is 5.82. The normalized spacial score (nSPS) is 12.6. The number of benzene rings is 1. The van der Waals surface area contributed by atoms with Crippen LogP contribution < -0.4 is 5.73 Å². The van der Waals surface area contributed by atoms with Crippen molar-refractivity contribution in [2.75, 3.05) is 18.8 Å². The molecule has 0 aromatic heterocycles. The van der Waals surface area contributed by atoms with Gasteiger partial charge in [0.15, 0.2) is 0 Å². The number of anilines is 1. The number of nitrogen functional groups attached to an aromatic ring is 1. The molecule has 1 aromatic rings. The van der Waals surface area contributed by atoms with E-state index in [0.29, 0.717) is 23.7 Å². The zero-order chi connectivity index (χ0) is 16.4. The Morgan fingerprint density at radius 2 is 1.52 bits per heavy atom. The Morgan fingerprint density at radius 3 is 1.90 bits per heavy atom. The Balaban J connectivity index is 3.28. The lowest BCUT2D eigenvalue weighted by molar-refractivity contribution is 0.333. The van der Waals surface area contributed by atoms with E-state index in [1.165, 1.54) is 0 Å². The second-order valence-electron chi connectivity index (χ2n) is 6.56. The first-order chi connectivity index (χ1) is 9.55. The maximum Gasteiger partial charge on any atom is 0.243 e. The number of hydrogen-bond acceptors (Lipinski definition) is 3. The average molecular weight is 312 g/mol. The van der Waals surface area contributed by atoms with Gasteiger partial charge in [-0.3, -0.25) is 0 Å². The van der Waals surface area contributed by atoms with E-state index in [1.54, 1.807) is 16.4 Å². The van der Waals surface area contributed by atoms with E-state index in [4.69, 9.17) is 5.73 Å². The Labute approximate surface area is 129 Å². The molecule has 1 rings (SSSR count). The number of sulfonamides is 1. The molecule has 0 fully saturated rings. The van der Waals surface area contributed by atoms with Crippen LogP contribution in [0.25, 0.3) is 0 Å². The van der Waals surface area contributed by atoms with Crippen molar-refractivity contribution in [1.82, 2.24) is 4.31 Å². The molecule has 0 aliphatic carbocycles. The first-order valence-electron chi connectivity index (χ1n) is 7.42. The maximum absolute atomic E-state index is 12.9. The van der Waals surface area contributed by atoms with Crippen LogP contribution in [0, 0.1) is 25.7 Å². The fraction of sp³-hybridized carbons (Fsp3) is 0.625. The quantitative estimate of drug-likeness (QED) is 0.821. The van der Waals surface area contributed by atoms with Gasteiger partial charge in [0, 0.05) is 18.8 Å². The first kappa shape index (κ1) is 18.0. The SMILES string of the molecule is Cc1cc(S(=O)(=O)N(CC(C)C)CC(C)C)cc(N)c1C. The van der Waals surface area contributed by atoms with Crippen molar-refractivity contribution >= 4 is 15.7 Å². The summed E-state index contributed by atoms with van der Waals surface area (Å²) in [6, 6.07) is 3.29. The number of hydrogen-bond donors (Lipinski definition) is 1. The first-order valence-corrected chi connectivity index (χ1v) is 8.86. The summed E-state index contributed by atoms with van der Waals surface area (Å²) in [4.78, 5) is 0.296. The highest BCUT2D eigenvalue weighted by molar-refractivity contribution is 7.89. The van der Waals surface area contributed by atoms with Crippen LogP contribution in [-0.2, 0) is 10.0 Å². The molecule has 0 spiro atoms. The van der Waals surface area contributed by atoms with E-state index in [0.717, 1.165) is 11.1 Å². The summed E-state index contributed by atoms with van der Waals surface area (Å²) in [5.41, 5.74) is 8.31. The molecule has 5 heteroatoms. The molecule has 0 amide bonds. The van der Waals surface area contributed by atoms with E-state index in [9.17, 15) is 8.42 Å². The molecule has 0 atom stereocenters. The molecule has 1 aromatic carbocycles. The zero-order valence-electron chi connectivity index (χ0n) is 14.0. The zero-order valence-corrected chi connectivity index (χ0v) is 14.8. The lowest BCUT2D eigenvalue weighted by Crippen LogP contribution is -2.37. The molecule has 0 saturated carbocycles. The van der Waals surface area contributed by atoms with Crippen LogP contribution in [0.2, 0.25) is 0 Å². The van der Waals surface area contributed by atoms with E-state index in [2.05, 4.69) is 0 Å². The van der Waals surface area contributed by atoms with Crippen LogP contribution in [0.4, 0.5) is 5.69 Å². The van der Waals surface area contributed by atoms with Crippen LogP contribution >= 0.6 is 0 Å². The highest BCUT2D eigenvalue weighted by Gasteiger charge is 2.26. The summed E-state index contributed by atoms with van der Waals surface area (Å²) in [5, 5.41) is 0. The van der Waals surface area contributed by atoms with Crippen LogP contribution in [0.15, 0.2) is 17.0 Å². The fourth-order valence-electron chi connectivity index (χ4n) is 2.24. The van der Waals surface area contributed by atoms with E-state index >= 15 is 0 Å².